The van der Waals surface area contributed by atoms with Gasteiger partial charge in [-0.15, -0.1) is 11.3 Å². The van der Waals surface area contributed by atoms with Gasteiger partial charge in [0.15, 0.2) is 9.84 Å². The molecule has 0 bridgehead atoms. The molecule has 26 heavy (non-hydrogen) atoms. The van der Waals surface area contributed by atoms with Crippen LogP contribution in [0, 0.1) is 13.8 Å². The molecule has 0 spiro atoms. The number of sulfone groups is 1. The van der Waals surface area contributed by atoms with Crippen molar-refractivity contribution < 1.29 is 13.2 Å². The van der Waals surface area contributed by atoms with Crippen LogP contribution in [-0.4, -0.2) is 30.1 Å². The molecule has 2 heterocycles. The quantitative estimate of drug-likeness (QED) is 0.735. The zero-order valence-corrected chi connectivity index (χ0v) is 16.1. The van der Waals surface area contributed by atoms with Crippen LogP contribution in [0.15, 0.2) is 40.3 Å². The number of hydrogen-bond acceptors (Lipinski definition) is 6. The molecular weight excluding hydrogens is 374 g/mol. The number of benzene rings is 1. The van der Waals surface area contributed by atoms with E-state index in [4.69, 9.17) is 0 Å². The number of thiophene rings is 1. The molecule has 1 aromatic carbocycles. The lowest BCUT2D eigenvalue weighted by molar-refractivity contribution is -0.116. The maximum Gasteiger partial charge on any atom is 0.262 e. The maximum absolute atomic E-state index is 12.6. The molecule has 0 radical (unpaired) electrons. The molecule has 7 nitrogen and oxygen atoms in total. The summed E-state index contributed by atoms with van der Waals surface area (Å²) in [4.78, 5) is 30.9. The summed E-state index contributed by atoms with van der Waals surface area (Å²) < 4.78 is 24.4. The van der Waals surface area contributed by atoms with Crippen LogP contribution in [0.25, 0.3) is 10.2 Å². The van der Waals surface area contributed by atoms with Gasteiger partial charge < -0.3 is 5.32 Å². The van der Waals surface area contributed by atoms with Gasteiger partial charge in [0.1, 0.15) is 11.4 Å². The summed E-state index contributed by atoms with van der Waals surface area (Å²) in [7, 11) is -3.37. The minimum absolute atomic E-state index is 0.111. The van der Waals surface area contributed by atoms with Crippen molar-refractivity contribution in [2.24, 2.45) is 0 Å². The predicted molar refractivity (Wildman–Crippen MR) is 102 cm³/mol. The molecular formula is C17H17N3O4S2. The third-order valence-corrected chi connectivity index (χ3v) is 6.24. The summed E-state index contributed by atoms with van der Waals surface area (Å²) in [5, 5.41) is 3.14. The summed E-state index contributed by atoms with van der Waals surface area (Å²) in [5.41, 5.74) is 0.956. The second-order valence-corrected chi connectivity index (χ2v) is 9.21. The summed E-state index contributed by atoms with van der Waals surface area (Å²) in [5.74, 6) is -0.441. The Balaban J connectivity index is 1.85. The van der Waals surface area contributed by atoms with Crippen LogP contribution in [0.4, 0.5) is 5.69 Å². The van der Waals surface area contributed by atoms with Crippen LogP contribution in [0.5, 0.6) is 0 Å². The van der Waals surface area contributed by atoms with Crippen molar-refractivity contribution in [1.29, 1.82) is 0 Å². The molecule has 1 N–H and O–H groups in total. The normalized spacial score (nSPS) is 11.7. The number of nitrogens with zero attached hydrogens (tertiary/aromatic N) is 2. The number of fused-ring (bicyclic) bond motifs is 1. The van der Waals surface area contributed by atoms with Gasteiger partial charge in [0.25, 0.3) is 5.56 Å². The Morgan fingerprint density at radius 3 is 2.73 bits per heavy atom. The van der Waals surface area contributed by atoms with Gasteiger partial charge in [0.2, 0.25) is 5.91 Å². The van der Waals surface area contributed by atoms with E-state index in [-0.39, 0.29) is 17.0 Å². The van der Waals surface area contributed by atoms with Crippen LogP contribution >= 0.6 is 11.3 Å². The first-order valence-electron chi connectivity index (χ1n) is 7.72. The molecule has 0 unspecified atom stereocenters. The van der Waals surface area contributed by atoms with Gasteiger partial charge in [-0.2, -0.15) is 0 Å². The zero-order chi connectivity index (χ0) is 19.1. The highest BCUT2D eigenvalue weighted by molar-refractivity contribution is 7.90. The molecule has 0 aliphatic heterocycles. The molecule has 3 rings (SSSR count). The molecule has 1 amide bonds. The Labute approximate surface area is 154 Å². The molecule has 0 saturated heterocycles. The Morgan fingerprint density at radius 2 is 2.04 bits per heavy atom. The first-order valence-corrected chi connectivity index (χ1v) is 10.4. The minimum Gasteiger partial charge on any atom is -0.324 e. The Hall–Kier alpha value is -2.52. The highest BCUT2D eigenvalue weighted by Crippen LogP contribution is 2.25. The average molecular weight is 391 g/mol. The molecule has 0 aliphatic carbocycles. The molecule has 2 aromatic heterocycles. The van der Waals surface area contributed by atoms with E-state index < -0.39 is 15.7 Å². The minimum atomic E-state index is -3.37. The van der Waals surface area contributed by atoms with E-state index in [9.17, 15) is 18.0 Å². The van der Waals surface area contributed by atoms with Gasteiger partial charge >= 0.3 is 0 Å². The van der Waals surface area contributed by atoms with Crippen molar-refractivity contribution in [3.05, 3.63) is 51.4 Å². The number of aryl methyl sites for hydroxylation is 2. The monoisotopic (exact) mass is 391 g/mol. The van der Waals surface area contributed by atoms with Crippen molar-refractivity contribution in [3.63, 3.8) is 0 Å². The van der Waals surface area contributed by atoms with E-state index in [1.54, 1.807) is 12.1 Å². The van der Waals surface area contributed by atoms with E-state index in [2.05, 4.69) is 10.3 Å². The van der Waals surface area contributed by atoms with Crippen molar-refractivity contribution in [1.82, 2.24) is 9.55 Å². The molecule has 136 valence electrons. The van der Waals surface area contributed by atoms with Crippen LogP contribution in [0.1, 0.15) is 10.4 Å². The third kappa shape index (κ3) is 3.54. The summed E-state index contributed by atoms with van der Waals surface area (Å²) in [6.45, 7) is 3.57. The van der Waals surface area contributed by atoms with Crippen molar-refractivity contribution in [2.75, 3.05) is 11.6 Å². The fraction of sp³-hybridized carbons (Fsp3) is 0.235. The molecule has 0 fully saturated rings. The van der Waals surface area contributed by atoms with Crippen LogP contribution in [-0.2, 0) is 21.2 Å². The van der Waals surface area contributed by atoms with E-state index in [1.807, 2.05) is 13.8 Å². The number of anilines is 1. The molecule has 0 saturated carbocycles. The Morgan fingerprint density at radius 1 is 1.31 bits per heavy atom. The lowest BCUT2D eigenvalue weighted by atomic mass is 10.2. The fourth-order valence-electron chi connectivity index (χ4n) is 2.54. The number of carbonyl (C=O) groups is 1. The average Bonchev–Trinajstić information content (AvgIpc) is 2.85. The summed E-state index contributed by atoms with van der Waals surface area (Å²) in [6, 6.07) is 5.96. The van der Waals surface area contributed by atoms with E-state index in [0.717, 1.165) is 16.7 Å². The van der Waals surface area contributed by atoms with Crippen molar-refractivity contribution in [2.45, 2.75) is 25.3 Å². The smallest absolute Gasteiger partial charge is 0.262 e. The van der Waals surface area contributed by atoms with Gasteiger partial charge in [-0.3, -0.25) is 14.2 Å². The second kappa shape index (κ2) is 6.65. The lowest BCUT2D eigenvalue weighted by Gasteiger charge is -2.08. The largest absolute Gasteiger partial charge is 0.324 e. The van der Waals surface area contributed by atoms with Gasteiger partial charge in [-0.05, 0) is 37.6 Å². The number of rotatable bonds is 4. The Bertz CT molecular complexity index is 1180. The number of amides is 1. The van der Waals surface area contributed by atoms with Gasteiger partial charge in [0.05, 0.1) is 16.6 Å². The SMILES string of the molecule is Cc1sc2ncn(CC(=O)Nc3cccc(S(C)(=O)=O)c3)c(=O)c2c1C. The number of aromatic nitrogens is 2. The fourth-order valence-corrected chi connectivity index (χ4v) is 4.20. The summed E-state index contributed by atoms with van der Waals surface area (Å²) >= 11 is 1.45. The predicted octanol–water partition coefficient (Wildman–Crippen LogP) is 2.12. The lowest BCUT2D eigenvalue weighted by Crippen LogP contribution is -2.27. The number of hydrogen-bond donors (Lipinski definition) is 1. The van der Waals surface area contributed by atoms with Crippen LogP contribution in [0.3, 0.4) is 0 Å². The Kier molecular flexibility index (Phi) is 4.68. The topological polar surface area (TPSA) is 98.1 Å². The van der Waals surface area contributed by atoms with Crippen LogP contribution < -0.4 is 10.9 Å². The summed E-state index contributed by atoms with van der Waals surface area (Å²) in [6.07, 6.45) is 2.45. The zero-order valence-electron chi connectivity index (χ0n) is 14.4. The highest BCUT2D eigenvalue weighted by Gasteiger charge is 2.14. The molecule has 0 atom stereocenters. The van der Waals surface area contributed by atoms with Gasteiger partial charge in [-0.1, -0.05) is 6.07 Å². The molecule has 0 aliphatic rings. The van der Waals surface area contributed by atoms with E-state index in [1.165, 1.54) is 34.4 Å². The first kappa shape index (κ1) is 18.3. The van der Waals surface area contributed by atoms with Crippen LogP contribution in [0.2, 0.25) is 0 Å². The van der Waals surface area contributed by atoms with Gasteiger partial charge in [0, 0.05) is 16.8 Å². The second-order valence-electron chi connectivity index (χ2n) is 5.99. The molecule has 3 aromatic rings. The molecule has 9 heteroatoms. The van der Waals surface area contributed by atoms with Crippen molar-refractivity contribution in [3.8, 4) is 0 Å². The van der Waals surface area contributed by atoms with E-state index >= 15 is 0 Å². The highest BCUT2D eigenvalue weighted by atomic mass is 32.2. The first-order chi connectivity index (χ1) is 12.2. The number of carbonyl (C=O) groups excluding carboxylic acids is 1. The van der Waals surface area contributed by atoms with Gasteiger partial charge in [-0.25, -0.2) is 13.4 Å². The number of nitrogens with one attached hydrogen (secondary N) is 1. The van der Waals surface area contributed by atoms with Crippen molar-refractivity contribution >= 4 is 43.0 Å². The third-order valence-electron chi connectivity index (χ3n) is 4.02. The van der Waals surface area contributed by atoms with E-state index in [0.29, 0.717) is 15.9 Å². The standard InChI is InChI=1S/C17H17N3O4S2/c1-10-11(2)25-16-15(10)17(22)20(9-18-16)8-14(21)19-12-5-4-6-13(7-12)26(3,23)24/h4-7,9H,8H2,1-3H3,(H,19,21). The maximum atomic E-state index is 12.6.